The number of ether oxygens (including phenoxy) is 1. The molecule has 0 radical (unpaired) electrons. The number of urea groups is 1. The summed E-state index contributed by atoms with van der Waals surface area (Å²) in [5.41, 5.74) is 2.73. The lowest BCUT2D eigenvalue weighted by Crippen LogP contribution is -2.49. The number of nitrogens with one attached hydrogen (secondary N) is 2. The number of carbonyl (C=O) groups is 2. The summed E-state index contributed by atoms with van der Waals surface area (Å²) in [5, 5.41) is 5.77. The summed E-state index contributed by atoms with van der Waals surface area (Å²) in [6.45, 7) is 12.0. The van der Waals surface area contributed by atoms with Gasteiger partial charge in [-0.25, -0.2) is 4.79 Å². The molecule has 248 valence electrons. The van der Waals surface area contributed by atoms with Crippen molar-refractivity contribution in [3.8, 4) is 11.4 Å². The Kier molecular flexibility index (Phi) is 8.96. The van der Waals surface area contributed by atoms with E-state index in [4.69, 9.17) is 19.7 Å². The highest BCUT2D eigenvalue weighted by Crippen LogP contribution is 2.31. The van der Waals surface area contributed by atoms with Gasteiger partial charge in [-0.1, -0.05) is 0 Å². The number of hydrogen-bond donors (Lipinski definition) is 2. The molecule has 1 unspecified atom stereocenters. The maximum atomic E-state index is 13.0. The van der Waals surface area contributed by atoms with Crippen molar-refractivity contribution in [1.82, 2.24) is 24.8 Å². The van der Waals surface area contributed by atoms with Crippen LogP contribution >= 0.6 is 0 Å². The number of hydrogen-bond acceptors (Lipinski definition) is 9. The van der Waals surface area contributed by atoms with Gasteiger partial charge in [0.05, 0.1) is 19.3 Å². The van der Waals surface area contributed by atoms with E-state index in [9.17, 15) is 9.59 Å². The normalized spacial score (nSPS) is 23.6. The van der Waals surface area contributed by atoms with Crippen molar-refractivity contribution in [1.29, 1.82) is 0 Å². The number of benzene rings is 2. The summed E-state index contributed by atoms with van der Waals surface area (Å²) in [5.74, 6) is 2.01. The fourth-order valence-corrected chi connectivity index (χ4v) is 6.95. The Bertz CT molecular complexity index is 1560. The van der Waals surface area contributed by atoms with E-state index >= 15 is 0 Å². The van der Waals surface area contributed by atoms with Crippen molar-refractivity contribution in [2.45, 2.75) is 70.6 Å². The Morgan fingerprint density at radius 1 is 0.723 bits per heavy atom. The number of anilines is 4. The lowest BCUT2D eigenvalue weighted by Gasteiger charge is -2.34. The van der Waals surface area contributed by atoms with Gasteiger partial charge in [-0.2, -0.15) is 15.0 Å². The van der Waals surface area contributed by atoms with Gasteiger partial charge in [-0.05, 0) is 95.0 Å². The molecule has 7 rings (SSSR count). The number of morpholine rings is 1. The summed E-state index contributed by atoms with van der Waals surface area (Å²) < 4.78 is 5.66. The summed E-state index contributed by atoms with van der Waals surface area (Å²) in [7, 11) is 0. The smallest absolute Gasteiger partial charge is 0.323 e. The van der Waals surface area contributed by atoms with E-state index in [2.05, 4.69) is 46.1 Å². The minimum atomic E-state index is -0.365. The molecule has 0 bridgehead atoms. The van der Waals surface area contributed by atoms with Crippen LogP contribution in [0.15, 0.2) is 48.5 Å². The first-order valence-corrected chi connectivity index (χ1v) is 17.0. The molecular weight excluding hydrogens is 594 g/mol. The van der Waals surface area contributed by atoms with E-state index in [0.717, 1.165) is 57.2 Å². The third kappa shape index (κ3) is 7.03. The molecule has 4 fully saturated rings. The van der Waals surface area contributed by atoms with Crippen molar-refractivity contribution >= 4 is 35.2 Å². The molecule has 0 spiro atoms. The summed E-state index contributed by atoms with van der Waals surface area (Å²) >= 11 is 0. The first kappa shape index (κ1) is 31.3. The molecule has 1 aliphatic carbocycles. The van der Waals surface area contributed by atoms with Gasteiger partial charge in [0.2, 0.25) is 11.9 Å². The van der Waals surface area contributed by atoms with Gasteiger partial charge in [0, 0.05) is 73.4 Å². The zero-order valence-corrected chi connectivity index (χ0v) is 27.6. The minimum absolute atomic E-state index is 0.0397. The Hall–Kier alpha value is -4.29. The van der Waals surface area contributed by atoms with Crippen LogP contribution in [0.1, 0.15) is 56.8 Å². The van der Waals surface area contributed by atoms with Crippen molar-refractivity contribution < 1.29 is 14.3 Å². The van der Waals surface area contributed by atoms with Gasteiger partial charge in [-0.15, -0.1) is 0 Å². The maximum absolute atomic E-state index is 13.0. The molecule has 12 nitrogen and oxygen atoms in total. The number of nitrogens with zero attached hydrogens (tertiary/aromatic N) is 7. The number of amides is 3. The van der Waals surface area contributed by atoms with Crippen LogP contribution < -0.4 is 20.4 Å². The first-order chi connectivity index (χ1) is 22.8. The zero-order valence-electron chi connectivity index (χ0n) is 27.6. The largest absolute Gasteiger partial charge is 0.377 e. The predicted octanol–water partition coefficient (Wildman–Crippen LogP) is 4.71. The second-order valence-electron chi connectivity index (χ2n) is 13.4. The Morgan fingerprint density at radius 3 is 1.96 bits per heavy atom. The summed E-state index contributed by atoms with van der Waals surface area (Å²) in [6.07, 6.45) is 4.79. The molecule has 2 N–H and O–H groups in total. The van der Waals surface area contributed by atoms with Crippen molar-refractivity contribution in [2.24, 2.45) is 0 Å². The maximum Gasteiger partial charge on any atom is 0.323 e. The zero-order chi connectivity index (χ0) is 32.5. The molecule has 1 aromatic heterocycles. The highest BCUT2D eigenvalue weighted by Gasteiger charge is 2.33. The SMILES string of the molecule is CC1COCCN1c1nc(-c2ccc(NC(=O)Nc3ccc(C(=O)N4CCN(C5CC5)CC4)cc3)cc2)nc(N2[C@H](C)CC[C@@H]2C)n1. The Balaban J connectivity index is 0.997. The molecule has 4 aliphatic rings. The van der Waals surface area contributed by atoms with Gasteiger partial charge in [0.25, 0.3) is 5.91 Å². The van der Waals surface area contributed by atoms with E-state index in [-0.39, 0.29) is 18.0 Å². The second kappa shape index (κ2) is 13.4. The molecule has 3 amide bonds. The van der Waals surface area contributed by atoms with Crippen LogP contribution in [0.5, 0.6) is 0 Å². The molecule has 4 heterocycles. The lowest BCUT2D eigenvalue weighted by molar-refractivity contribution is 0.0627. The quantitative estimate of drug-likeness (QED) is 0.379. The number of carbonyl (C=O) groups excluding carboxylic acids is 2. The third-order valence-corrected chi connectivity index (χ3v) is 9.87. The van der Waals surface area contributed by atoms with Gasteiger partial charge in [0.1, 0.15) is 0 Å². The molecule has 1 saturated carbocycles. The predicted molar refractivity (Wildman–Crippen MR) is 183 cm³/mol. The summed E-state index contributed by atoms with van der Waals surface area (Å²) in [4.78, 5) is 49.5. The monoisotopic (exact) mass is 639 g/mol. The van der Waals surface area contributed by atoms with Gasteiger partial charge in [0.15, 0.2) is 5.82 Å². The molecular formula is C35H45N9O3. The van der Waals surface area contributed by atoms with Gasteiger partial charge >= 0.3 is 6.03 Å². The van der Waals surface area contributed by atoms with Gasteiger partial charge in [-0.3, -0.25) is 9.69 Å². The number of piperazine rings is 1. The van der Waals surface area contributed by atoms with E-state index in [1.165, 1.54) is 12.8 Å². The minimum Gasteiger partial charge on any atom is -0.377 e. The first-order valence-electron chi connectivity index (χ1n) is 17.0. The molecule has 3 aromatic rings. The van der Waals surface area contributed by atoms with Crippen molar-refractivity contribution in [2.75, 3.05) is 66.4 Å². The Morgan fingerprint density at radius 2 is 1.34 bits per heavy atom. The number of rotatable bonds is 7. The fourth-order valence-electron chi connectivity index (χ4n) is 6.95. The highest BCUT2D eigenvalue weighted by molar-refractivity contribution is 6.00. The fraction of sp³-hybridized carbons (Fsp3) is 0.514. The topological polar surface area (TPSA) is 119 Å². The summed E-state index contributed by atoms with van der Waals surface area (Å²) in [6, 6.07) is 15.9. The average Bonchev–Trinajstić information content (AvgIpc) is 3.88. The van der Waals surface area contributed by atoms with E-state index in [1.807, 2.05) is 29.2 Å². The number of aromatic nitrogens is 3. The van der Waals surface area contributed by atoms with Crippen LogP contribution in [0, 0.1) is 0 Å². The van der Waals surface area contributed by atoms with Crippen LogP contribution in [0.25, 0.3) is 11.4 Å². The van der Waals surface area contributed by atoms with Crippen LogP contribution in [-0.2, 0) is 4.74 Å². The van der Waals surface area contributed by atoms with Gasteiger partial charge < -0.3 is 30.1 Å². The van der Waals surface area contributed by atoms with Crippen molar-refractivity contribution in [3.63, 3.8) is 0 Å². The van der Waals surface area contributed by atoms with Crippen molar-refractivity contribution in [3.05, 3.63) is 54.1 Å². The molecule has 2 aromatic carbocycles. The highest BCUT2D eigenvalue weighted by atomic mass is 16.5. The molecule has 3 saturated heterocycles. The van der Waals surface area contributed by atoms with E-state index in [1.54, 1.807) is 24.3 Å². The van der Waals surface area contributed by atoms with E-state index < -0.39 is 0 Å². The molecule has 47 heavy (non-hydrogen) atoms. The van der Waals surface area contributed by atoms with Crippen LogP contribution in [0.2, 0.25) is 0 Å². The van der Waals surface area contributed by atoms with Crippen LogP contribution in [-0.4, -0.2) is 107 Å². The van der Waals surface area contributed by atoms with E-state index in [0.29, 0.717) is 60.0 Å². The second-order valence-corrected chi connectivity index (χ2v) is 13.4. The molecule has 3 aliphatic heterocycles. The van der Waals surface area contributed by atoms with Crippen LogP contribution in [0.3, 0.4) is 0 Å². The Labute approximate surface area is 276 Å². The average molecular weight is 640 g/mol. The standard InChI is InChI=1S/C35H45N9O3/c1-23-4-5-24(2)44(23)34-39-31(38-33(40-34)43-20-21-47-22-25(43)3)26-6-10-28(11-7-26)36-35(46)37-29-12-8-27(9-13-29)32(45)42-18-16-41(17-19-42)30-14-15-30/h6-13,23-25,30H,4-5,14-22H2,1-3H3,(H2,36,37,46)/t23-,24+,25?. The molecule has 3 atom stereocenters. The molecule has 12 heteroatoms. The lowest BCUT2D eigenvalue weighted by atomic mass is 10.1. The van der Waals surface area contributed by atoms with Crippen LogP contribution in [0.4, 0.5) is 28.1 Å². The third-order valence-electron chi connectivity index (χ3n) is 9.87.